The number of aliphatic carboxylic acids is 1. The molecule has 0 fully saturated rings. The minimum Gasteiger partial charge on any atom is -0.477 e. The Kier molecular flexibility index (Phi) is 10.3. The zero-order chi connectivity index (χ0) is 15.4. The zero-order valence-electron chi connectivity index (χ0n) is 12.5. The number of aliphatic hydroxyl groups excluding tert-OH is 2. The molecule has 0 saturated carbocycles. The van der Waals surface area contributed by atoms with Crippen LogP contribution in [0.5, 0.6) is 0 Å². The van der Waals surface area contributed by atoms with Crippen LogP contribution in [0, 0.1) is 0 Å². The van der Waals surface area contributed by atoms with Gasteiger partial charge in [0.05, 0.1) is 6.61 Å². The van der Waals surface area contributed by atoms with Gasteiger partial charge in [0.1, 0.15) is 0 Å². The van der Waals surface area contributed by atoms with Crippen LogP contribution in [0.3, 0.4) is 0 Å². The van der Waals surface area contributed by atoms with E-state index in [2.05, 4.69) is 13.0 Å². The van der Waals surface area contributed by atoms with E-state index in [4.69, 9.17) is 9.84 Å². The van der Waals surface area contributed by atoms with Gasteiger partial charge in [0.15, 0.2) is 26.2 Å². The highest BCUT2D eigenvalue weighted by atomic mass is 16.5. The molecule has 0 amide bonds. The van der Waals surface area contributed by atoms with Crippen LogP contribution in [0.25, 0.3) is 0 Å². The van der Waals surface area contributed by atoms with Crippen molar-refractivity contribution in [2.75, 3.05) is 26.8 Å². The molecule has 0 saturated heterocycles. The normalized spacial score (nSPS) is 13.8. The minimum atomic E-state index is -1.07. The number of rotatable bonds is 12. The van der Waals surface area contributed by atoms with E-state index in [1.165, 1.54) is 19.8 Å². The highest BCUT2D eigenvalue weighted by Gasteiger charge is 2.38. The van der Waals surface area contributed by atoms with Crippen molar-refractivity contribution in [2.45, 2.75) is 45.6 Å². The van der Waals surface area contributed by atoms with Gasteiger partial charge in [-0.3, -0.25) is 0 Å². The number of hydrogen-bond acceptors (Lipinski definition) is 4. The van der Waals surface area contributed by atoms with Gasteiger partial charge in [-0.05, 0) is 19.8 Å². The molecule has 0 aromatic rings. The molecule has 0 aliphatic carbocycles. The summed E-state index contributed by atoms with van der Waals surface area (Å²) in [6.45, 7) is 3.05. The topological polar surface area (TPSA) is 87.0 Å². The van der Waals surface area contributed by atoms with Crippen LogP contribution in [0.1, 0.15) is 39.5 Å². The average Bonchev–Trinajstić information content (AvgIpc) is 2.45. The van der Waals surface area contributed by atoms with Gasteiger partial charge in [0, 0.05) is 0 Å². The molecule has 0 aromatic heterocycles. The van der Waals surface area contributed by atoms with Gasteiger partial charge in [-0.25, -0.2) is 9.28 Å². The van der Waals surface area contributed by atoms with Crippen LogP contribution in [0.15, 0.2) is 12.2 Å². The molecule has 20 heavy (non-hydrogen) atoms. The molecule has 3 N–H and O–H groups in total. The Balaban J connectivity index is 4.10. The molecule has 6 nitrogen and oxygen atoms in total. The Morgan fingerprint density at radius 2 is 1.85 bits per heavy atom. The predicted molar refractivity (Wildman–Crippen MR) is 75.6 cm³/mol. The highest BCUT2D eigenvalue weighted by Crippen LogP contribution is 2.12. The van der Waals surface area contributed by atoms with Crippen LogP contribution in [0.4, 0.5) is 0 Å². The average molecular weight is 290 g/mol. The van der Waals surface area contributed by atoms with Crippen LogP contribution >= 0.6 is 0 Å². The quantitative estimate of drug-likeness (QED) is 0.218. The second-order valence-corrected chi connectivity index (χ2v) is 4.96. The molecule has 0 aliphatic heterocycles. The Hall–Kier alpha value is -0.950. The monoisotopic (exact) mass is 290 g/mol. The first-order chi connectivity index (χ1) is 9.54. The lowest BCUT2D eigenvalue weighted by atomic mass is 10.2. The number of quaternary nitrogens is 1. The number of allylic oxidation sites excluding steroid dienone is 1. The van der Waals surface area contributed by atoms with Crippen molar-refractivity contribution < 1.29 is 29.3 Å². The van der Waals surface area contributed by atoms with Crippen LogP contribution in [-0.4, -0.2) is 58.6 Å². The summed E-state index contributed by atoms with van der Waals surface area (Å²) in [4.78, 5) is 11.0. The molecule has 0 aliphatic rings. The SMILES string of the molecule is CCCC/C=C/CCOC[N+](CO)(CO)C(C)C(=O)O. The van der Waals surface area contributed by atoms with Crippen molar-refractivity contribution in [2.24, 2.45) is 0 Å². The summed E-state index contributed by atoms with van der Waals surface area (Å²) >= 11 is 0. The van der Waals surface area contributed by atoms with Gasteiger partial charge in [-0.1, -0.05) is 31.9 Å². The number of aliphatic hydroxyl groups is 2. The molecule has 0 spiro atoms. The molecular formula is C14H28NO5+. The molecule has 0 rings (SSSR count). The summed E-state index contributed by atoms with van der Waals surface area (Å²) in [5, 5.41) is 27.7. The third kappa shape index (κ3) is 6.47. The van der Waals surface area contributed by atoms with Gasteiger partial charge in [-0.15, -0.1) is 0 Å². The van der Waals surface area contributed by atoms with Crippen LogP contribution < -0.4 is 0 Å². The fourth-order valence-corrected chi connectivity index (χ4v) is 1.67. The van der Waals surface area contributed by atoms with Crippen molar-refractivity contribution in [3.05, 3.63) is 12.2 Å². The molecule has 0 radical (unpaired) electrons. The molecule has 0 bridgehead atoms. The Bertz CT molecular complexity index is 289. The summed E-state index contributed by atoms with van der Waals surface area (Å²) in [6.07, 6.45) is 8.26. The Labute approximate surface area is 120 Å². The number of nitrogens with zero attached hydrogens (tertiary/aromatic N) is 1. The Morgan fingerprint density at radius 1 is 1.25 bits per heavy atom. The maximum absolute atomic E-state index is 11.0. The molecule has 1 atom stereocenters. The van der Waals surface area contributed by atoms with Crippen molar-refractivity contribution in [3.8, 4) is 0 Å². The summed E-state index contributed by atoms with van der Waals surface area (Å²) in [6, 6.07) is -0.926. The third-order valence-corrected chi connectivity index (χ3v) is 3.41. The van der Waals surface area contributed by atoms with Gasteiger partial charge in [0.25, 0.3) is 0 Å². The summed E-state index contributed by atoms with van der Waals surface area (Å²) < 4.78 is 4.99. The number of unbranched alkanes of at least 4 members (excludes halogenated alkanes) is 2. The van der Waals surface area contributed by atoms with E-state index in [9.17, 15) is 15.0 Å². The van der Waals surface area contributed by atoms with Crippen molar-refractivity contribution in [1.29, 1.82) is 0 Å². The third-order valence-electron chi connectivity index (χ3n) is 3.41. The molecule has 0 heterocycles. The highest BCUT2D eigenvalue weighted by molar-refractivity contribution is 5.71. The van der Waals surface area contributed by atoms with E-state index >= 15 is 0 Å². The van der Waals surface area contributed by atoms with E-state index in [-0.39, 0.29) is 6.73 Å². The number of carboxylic acids is 1. The first kappa shape index (κ1) is 19.1. The molecule has 118 valence electrons. The maximum atomic E-state index is 11.0. The van der Waals surface area contributed by atoms with Gasteiger partial charge in [-0.2, -0.15) is 0 Å². The first-order valence-corrected chi connectivity index (χ1v) is 7.07. The predicted octanol–water partition coefficient (Wildman–Crippen LogP) is 1.29. The Morgan fingerprint density at radius 3 is 2.35 bits per heavy atom. The molecular weight excluding hydrogens is 262 g/mol. The summed E-state index contributed by atoms with van der Waals surface area (Å²) in [5.41, 5.74) is 0. The largest absolute Gasteiger partial charge is 0.477 e. The molecule has 0 aromatic carbocycles. The number of carbonyl (C=O) groups is 1. The smallest absolute Gasteiger partial charge is 0.362 e. The fourth-order valence-electron chi connectivity index (χ4n) is 1.67. The van der Waals surface area contributed by atoms with E-state index in [0.717, 1.165) is 12.8 Å². The van der Waals surface area contributed by atoms with E-state index in [1.54, 1.807) is 0 Å². The molecule has 6 heteroatoms. The lowest BCUT2D eigenvalue weighted by molar-refractivity contribution is -0.989. The van der Waals surface area contributed by atoms with E-state index in [0.29, 0.717) is 6.61 Å². The fraction of sp³-hybridized carbons (Fsp3) is 0.786. The second kappa shape index (κ2) is 10.8. The maximum Gasteiger partial charge on any atom is 0.362 e. The number of hydrogen-bond donors (Lipinski definition) is 3. The minimum absolute atomic E-state index is 0.0245. The van der Waals surface area contributed by atoms with E-state index in [1.807, 2.05) is 6.08 Å². The van der Waals surface area contributed by atoms with Gasteiger partial charge < -0.3 is 20.1 Å². The second-order valence-electron chi connectivity index (χ2n) is 4.96. The standard InChI is InChI=1S/C14H27NO5/c1-3-4-5-6-7-8-9-20-12-15(10-16,11-17)13(2)14(18)19/h6-7,13,16-17H,3-5,8-12H2,1-2H3/p+1/b7-6+. The number of carboxylic acid groups (broad SMARTS) is 1. The van der Waals surface area contributed by atoms with Crippen molar-refractivity contribution >= 4 is 5.97 Å². The van der Waals surface area contributed by atoms with Crippen molar-refractivity contribution in [1.82, 2.24) is 0 Å². The van der Waals surface area contributed by atoms with Crippen LogP contribution in [0.2, 0.25) is 0 Å². The number of ether oxygens (including phenoxy) is 1. The lowest BCUT2D eigenvalue weighted by Crippen LogP contribution is -2.59. The van der Waals surface area contributed by atoms with Crippen LogP contribution in [-0.2, 0) is 9.53 Å². The summed E-state index contributed by atoms with van der Waals surface area (Å²) in [5.74, 6) is -1.07. The first-order valence-electron chi connectivity index (χ1n) is 7.07. The van der Waals surface area contributed by atoms with E-state index < -0.39 is 30.0 Å². The van der Waals surface area contributed by atoms with Gasteiger partial charge in [0.2, 0.25) is 0 Å². The zero-order valence-corrected chi connectivity index (χ0v) is 12.5. The van der Waals surface area contributed by atoms with Gasteiger partial charge >= 0.3 is 5.97 Å². The van der Waals surface area contributed by atoms with Crippen molar-refractivity contribution in [3.63, 3.8) is 0 Å². The lowest BCUT2D eigenvalue weighted by Gasteiger charge is -2.36. The molecule has 1 unspecified atom stereocenters. The summed E-state index contributed by atoms with van der Waals surface area (Å²) in [7, 11) is 0.